The zero-order valence-corrected chi connectivity index (χ0v) is 13.7. The number of hydrogen-bond donors (Lipinski definition) is 1. The Kier molecular flexibility index (Phi) is 6.79. The molecule has 3 heteroatoms. The molecule has 0 spiro atoms. The summed E-state index contributed by atoms with van der Waals surface area (Å²) in [6.45, 7) is 9.04. The van der Waals surface area contributed by atoms with Crippen molar-refractivity contribution in [1.29, 1.82) is 0 Å². The highest BCUT2D eigenvalue weighted by Crippen LogP contribution is 2.35. The second kappa shape index (κ2) is 8.35. The molecule has 118 valence electrons. The van der Waals surface area contributed by atoms with E-state index in [2.05, 4.69) is 24.1 Å². The molecular formula is C17H34N2O. The molecule has 2 fully saturated rings. The first-order valence-corrected chi connectivity index (χ1v) is 8.67. The number of methoxy groups -OCH3 is 1. The van der Waals surface area contributed by atoms with Crippen LogP contribution in [0.25, 0.3) is 0 Å². The molecule has 2 aliphatic carbocycles. The summed E-state index contributed by atoms with van der Waals surface area (Å²) >= 11 is 0. The average molecular weight is 282 g/mol. The molecule has 3 nitrogen and oxygen atoms in total. The van der Waals surface area contributed by atoms with Gasteiger partial charge in [-0.15, -0.1) is 0 Å². The smallest absolute Gasteiger partial charge is 0.0589 e. The van der Waals surface area contributed by atoms with Gasteiger partial charge in [0.25, 0.3) is 0 Å². The third kappa shape index (κ3) is 5.34. The van der Waals surface area contributed by atoms with Gasteiger partial charge in [0.15, 0.2) is 0 Å². The molecule has 2 aliphatic rings. The van der Waals surface area contributed by atoms with Crippen LogP contribution in [0.2, 0.25) is 0 Å². The second-order valence-corrected chi connectivity index (χ2v) is 7.03. The van der Waals surface area contributed by atoms with Crippen LogP contribution in [0.5, 0.6) is 0 Å². The van der Waals surface area contributed by atoms with E-state index in [1.54, 1.807) is 0 Å². The molecular weight excluding hydrogens is 248 g/mol. The molecule has 2 saturated carbocycles. The maximum atomic E-state index is 5.27. The van der Waals surface area contributed by atoms with E-state index in [0.717, 1.165) is 43.6 Å². The van der Waals surface area contributed by atoms with Crippen molar-refractivity contribution in [3.63, 3.8) is 0 Å². The van der Waals surface area contributed by atoms with E-state index in [9.17, 15) is 0 Å². The molecule has 0 aromatic carbocycles. The normalized spacial score (nSPS) is 28.8. The Morgan fingerprint density at radius 2 is 2.00 bits per heavy atom. The van der Waals surface area contributed by atoms with E-state index in [-0.39, 0.29) is 0 Å². The molecule has 0 aromatic heterocycles. The van der Waals surface area contributed by atoms with Gasteiger partial charge in [-0.05, 0) is 44.4 Å². The van der Waals surface area contributed by atoms with Gasteiger partial charge < -0.3 is 10.1 Å². The van der Waals surface area contributed by atoms with Gasteiger partial charge in [-0.1, -0.05) is 19.8 Å². The lowest BCUT2D eigenvalue weighted by molar-refractivity contribution is 0.116. The number of nitrogens with zero attached hydrogens (tertiary/aromatic N) is 1. The molecule has 0 radical (unpaired) electrons. The van der Waals surface area contributed by atoms with E-state index in [0.29, 0.717) is 0 Å². The van der Waals surface area contributed by atoms with E-state index in [1.165, 1.54) is 45.1 Å². The fourth-order valence-corrected chi connectivity index (χ4v) is 3.64. The van der Waals surface area contributed by atoms with Gasteiger partial charge in [-0.25, -0.2) is 0 Å². The Bertz CT molecular complexity index is 268. The first-order valence-electron chi connectivity index (χ1n) is 8.67. The maximum Gasteiger partial charge on any atom is 0.0589 e. The molecule has 1 N–H and O–H groups in total. The van der Waals surface area contributed by atoms with Crippen LogP contribution in [0, 0.1) is 11.8 Å². The van der Waals surface area contributed by atoms with Gasteiger partial charge in [0, 0.05) is 38.8 Å². The Morgan fingerprint density at radius 1 is 1.20 bits per heavy atom. The first kappa shape index (κ1) is 16.3. The minimum atomic E-state index is 0.734. The molecule has 3 unspecified atom stereocenters. The summed E-state index contributed by atoms with van der Waals surface area (Å²) in [5.74, 6) is 1.86. The summed E-state index contributed by atoms with van der Waals surface area (Å²) < 4.78 is 5.27. The third-order valence-corrected chi connectivity index (χ3v) is 5.23. The number of nitrogens with one attached hydrogen (secondary N) is 1. The second-order valence-electron chi connectivity index (χ2n) is 7.03. The fourth-order valence-electron chi connectivity index (χ4n) is 3.64. The number of ether oxygens (including phenoxy) is 1. The molecule has 0 saturated heterocycles. The quantitative estimate of drug-likeness (QED) is 0.704. The summed E-state index contributed by atoms with van der Waals surface area (Å²) in [6, 6.07) is 1.50. The molecule has 0 amide bonds. The highest BCUT2D eigenvalue weighted by Gasteiger charge is 2.31. The van der Waals surface area contributed by atoms with Crippen molar-refractivity contribution in [2.45, 2.75) is 64.5 Å². The van der Waals surface area contributed by atoms with Gasteiger partial charge in [0.1, 0.15) is 0 Å². The van der Waals surface area contributed by atoms with E-state index in [4.69, 9.17) is 4.74 Å². The Hall–Kier alpha value is -0.120. The first-order chi connectivity index (χ1) is 9.70. The van der Waals surface area contributed by atoms with Gasteiger partial charge in [-0.2, -0.15) is 0 Å². The molecule has 0 heterocycles. The van der Waals surface area contributed by atoms with Crippen LogP contribution < -0.4 is 5.32 Å². The molecule has 0 aliphatic heterocycles. The standard InChI is InChI=1S/C17H34N2O/c1-14-5-4-6-17(13-14)18-9-10-19(11-12-20-3)15(2)16-7-8-16/h14-18H,4-13H2,1-3H3. The minimum absolute atomic E-state index is 0.734. The molecule has 2 rings (SSSR count). The van der Waals surface area contributed by atoms with Crippen LogP contribution in [-0.2, 0) is 4.74 Å². The summed E-state index contributed by atoms with van der Waals surface area (Å²) in [5, 5.41) is 3.79. The molecule has 20 heavy (non-hydrogen) atoms. The predicted octanol–water partition coefficient (Wildman–Crippen LogP) is 2.90. The van der Waals surface area contributed by atoms with Crippen LogP contribution in [0.4, 0.5) is 0 Å². The van der Waals surface area contributed by atoms with Gasteiger partial charge >= 0.3 is 0 Å². The summed E-state index contributed by atoms with van der Waals surface area (Å²) in [6.07, 6.45) is 8.44. The molecule has 3 atom stereocenters. The lowest BCUT2D eigenvalue weighted by Crippen LogP contribution is -2.44. The molecule has 0 aromatic rings. The fraction of sp³-hybridized carbons (Fsp3) is 1.00. The van der Waals surface area contributed by atoms with Crippen LogP contribution in [0.1, 0.15) is 52.4 Å². The van der Waals surface area contributed by atoms with Crippen LogP contribution in [0.3, 0.4) is 0 Å². The number of hydrogen-bond acceptors (Lipinski definition) is 3. The van der Waals surface area contributed by atoms with E-state index >= 15 is 0 Å². The monoisotopic (exact) mass is 282 g/mol. The van der Waals surface area contributed by atoms with Crippen molar-refractivity contribution >= 4 is 0 Å². The predicted molar refractivity (Wildman–Crippen MR) is 85.1 cm³/mol. The average Bonchev–Trinajstić information content (AvgIpc) is 3.26. The van der Waals surface area contributed by atoms with Gasteiger partial charge in [0.2, 0.25) is 0 Å². The highest BCUT2D eigenvalue weighted by atomic mass is 16.5. The largest absolute Gasteiger partial charge is 0.383 e. The van der Waals surface area contributed by atoms with Crippen LogP contribution in [-0.4, -0.2) is 50.3 Å². The Labute approximate surface area is 125 Å². The summed E-state index contributed by atoms with van der Waals surface area (Å²) in [5.41, 5.74) is 0. The minimum Gasteiger partial charge on any atom is -0.383 e. The lowest BCUT2D eigenvalue weighted by atomic mass is 9.87. The Balaban J connectivity index is 1.67. The van der Waals surface area contributed by atoms with Crippen molar-refractivity contribution in [2.75, 3.05) is 33.4 Å². The Morgan fingerprint density at radius 3 is 2.65 bits per heavy atom. The van der Waals surface area contributed by atoms with Crippen LogP contribution in [0.15, 0.2) is 0 Å². The van der Waals surface area contributed by atoms with Crippen molar-refractivity contribution in [1.82, 2.24) is 10.2 Å². The zero-order chi connectivity index (χ0) is 14.4. The van der Waals surface area contributed by atoms with Crippen molar-refractivity contribution in [3.8, 4) is 0 Å². The van der Waals surface area contributed by atoms with E-state index < -0.39 is 0 Å². The molecule has 0 bridgehead atoms. The van der Waals surface area contributed by atoms with Crippen molar-refractivity contribution in [3.05, 3.63) is 0 Å². The summed E-state index contributed by atoms with van der Waals surface area (Å²) in [4.78, 5) is 2.63. The maximum absolute atomic E-state index is 5.27. The van der Waals surface area contributed by atoms with Gasteiger partial charge in [0.05, 0.1) is 6.61 Å². The topological polar surface area (TPSA) is 24.5 Å². The SMILES string of the molecule is COCCN(CCNC1CCCC(C)C1)C(C)C1CC1. The van der Waals surface area contributed by atoms with Crippen molar-refractivity contribution < 1.29 is 4.74 Å². The zero-order valence-electron chi connectivity index (χ0n) is 13.7. The highest BCUT2D eigenvalue weighted by molar-refractivity contribution is 4.86. The lowest BCUT2D eigenvalue weighted by Gasteiger charge is -2.31. The third-order valence-electron chi connectivity index (χ3n) is 5.23. The van der Waals surface area contributed by atoms with Crippen molar-refractivity contribution in [2.24, 2.45) is 11.8 Å². The summed E-state index contributed by atoms with van der Waals surface area (Å²) in [7, 11) is 1.81. The van der Waals surface area contributed by atoms with E-state index in [1.807, 2.05) is 7.11 Å². The van der Waals surface area contributed by atoms with Gasteiger partial charge in [-0.3, -0.25) is 4.90 Å². The number of rotatable bonds is 9. The van der Waals surface area contributed by atoms with Crippen LogP contribution >= 0.6 is 0 Å².